The first-order chi connectivity index (χ1) is 14.3. The predicted octanol–water partition coefficient (Wildman–Crippen LogP) is 0.615. The average Bonchev–Trinajstić information content (AvgIpc) is 3.25. The molecule has 0 radical (unpaired) electrons. The molecule has 0 aromatic carbocycles. The number of halogens is 3. The number of ether oxygens (including phenoxy) is 3. The molecular weight excluding hydrogens is 411 g/mol. The molecule has 4 heterocycles. The number of imidazole rings is 1. The van der Waals surface area contributed by atoms with Crippen LogP contribution in [0.15, 0.2) is 12.7 Å². The summed E-state index contributed by atoms with van der Waals surface area (Å²) in [5.41, 5.74) is 0.804. The molecule has 4 rings (SSSR count). The third-order valence-corrected chi connectivity index (χ3v) is 5.08. The lowest BCUT2D eigenvalue weighted by atomic mass is 10.1. The van der Waals surface area contributed by atoms with E-state index in [2.05, 4.69) is 25.0 Å². The summed E-state index contributed by atoms with van der Waals surface area (Å²) < 4.78 is 53.7. The van der Waals surface area contributed by atoms with Crippen molar-refractivity contribution in [3.63, 3.8) is 0 Å². The summed E-state index contributed by atoms with van der Waals surface area (Å²) >= 11 is 0. The van der Waals surface area contributed by atoms with E-state index in [-0.39, 0.29) is 6.04 Å². The van der Waals surface area contributed by atoms with Crippen LogP contribution < -0.4 is 5.32 Å². The number of nitrogens with zero attached hydrogens (tertiary/aromatic N) is 4. The maximum Gasteiger partial charge on any atom is 0.411 e. The number of fused-ring (bicyclic) bond motifs is 1. The molecule has 2 fully saturated rings. The molecule has 166 valence electrons. The van der Waals surface area contributed by atoms with Gasteiger partial charge in [0, 0.05) is 19.3 Å². The van der Waals surface area contributed by atoms with E-state index in [0.717, 1.165) is 12.8 Å². The maximum atomic E-state index is 12.3. The second-order valence-corrected chi connectivity index (χ2v) is 7.25. The lowest BCUT2D eigenvalue weighted by Crippen LogP contribution is -2.34. The van der Waals surface area contributed by atoms with Gasteiger partial charge in [0.25, 0.3) is 0 Å². The van der Waals surface area contributed by atoms with Crippen LogP contribution in [0.2, 0.25) is 0 Å². The molecule has 3 N–H and O–H groups in total. The zero-order chi connectivity index (χ0) is 21.3. The Labute approximate surface area is 169 Å². The molecule has 0 spiro atoms. The van der Waals surface area contributed by atoms with E-state index in [9.17, 15) is 23.4 Å². The molecule has 0 aliphatic carbocycles. The van der Waals surface area contributed by atoms with Gasteiger partial charge in [-0.1, -0.05) is 0 Å². The molecule has 4 atom stereocenters. The number of aliphatic hydroxyl groups is 2. The lowest BCUT2D eigenvalue weighted by Gasteiger charge is -2.23. The van der Waals surface area contributed by atoms with Crippen molar-refractivity contribution in [3.8, 4) is 0 Å². The van der Waals surface area contributed by atoms with Crippen LogP contribution in [0.1, 0.15) is 19.1 Å². The fourth-order valence-electron chi connectivity index (χ4n) is 3.57. The normalized spacial score (nSPS) is 28.3. The number of alkyl halides is 3. The number of rotatable bonds is 6. The Morgan fingerprint density at radius 3 is 2.67 bits per heavy atom. The number of hydrogen-bond acceptors (Lipinski definition) is 9. The van der Waals surface area contributed by atoms with Crippen molar-refractivity contribution >= 4 is 17.0 Å². The van der Waals surface area contributed by atoms with Gasteiger partial charge in [0.05, 0.1) is 12.9 Å². The largest absolute Gasteiger partial charge is 0.411 e. The summed E-state index contributed by atoms with van der Waals surface area (Å²) in [5.74, 6) is 0.517. The summed E-state index contributed by atoms with van der Waals surface area (Å²) in [7, 11) is 0. The van der Waals surface area contributed by atoms with E-state index in [4.69, 9.17) is 9.47 Å². The molecule has 0 amide bonds. The van der Waals surface area contributed by atoms with Crippen LogP contribution in [-0.4, -0.2) is 86.7 Å². The summed E-state index contributed by atoms with van der Waals surface area (Å²) in [4.78, 5) is 12.7. The Kier molecular flexibility index (Phi) is 6.06. The van der Waals surface area contributed by atoms with Crippen LogP contribution in [0.3, 0.4) is 0 Å². The van der Waals surface area contributed by atoms with E-state index in [0.29, 0.717) is 30.2 Å². The Bertz CT molecular complexity index is 860. The van der Waals surface area contributed by atoms with Gasteiger partial charge < -0.3 is 29.7 Å². The van der Waals surface area contributed by atoms with Crippen molar-refractivity contribution < 1.29 is 37.6 Å². The van der Waals surface area contributed by atoms with Gasteiger partial charge in [-0.3, -0.25) is 4.57 Å². The van der Waals surface area contributed by atoms with Crippen molar-refractivity contribution in [2.45, 2.75) is 49.6 Å². The van der Waals surface area contributed by atoms with E-state index in [1.807, 2.05) is 0 Å². The van der Waals surface area contributed by atoms with Crippen molar-refractivity contribution in [2.75, 3.05) is 31.7 Å². The van der Waals surface area contributed by atoms with Crippen molar-refractivity contribution in [2.24, 2.45) is 0 Å². The second kappa shape index (κ2) is 8.59. The molecule has 13 heteroatoms. The molecule has 0 unspecified atom stereocenters. The van der Waals surface area contributed by atoms with Crippen molar-refractivity contribution in [1.82, 2.24) is 19.5 Å². The highest BCUT2D eigenvalue weighted by Crippen LogP contribution is 2.33. The number of aromatic nitrogens is 4. The zero-order valence-electron chi connectivity index (χ0n) is 15.8. The molecule has 10 nitrogen and oxygen atoms in total. The highest BCUT2D eigenvalue weighted by molar-refractivity contribution is 5.82. The van der Waals surface area contributed by atoms with E-state index in [1.165, 1.54) is 17.2 Å². The maximum absolute atomic E-state index is 12.3. The van der Waals surface area contributed by atoms with E-state index in [1.54, 1.807) is 0 Å². The second-order valence-electron chi connectivity index (χ2n) is 7.25. The summed E-state index contributed by atoms with van der Waals surface area (Å²) in [6, 6.07) is 0.173. The minimum absolute atomic E-state index is 0.173. The standard InChI is InChI=1S/C17H22F3N5O5/c18-17(19,20)6-29-5-10-12(26)13(27)16(30-10)25-8-23-11-14(21-7-22-15(11)25)24-9-1-3-28-4-2-9/h7-10,12-13,16,26-27H,1-6H2,(H,21,22,24)/t10-,12-,13-,16-/m1/s1. The molecular formula is C17H22F3N5O5. The van der Waals surface area contributed by atoms with Crippen LogP contribution in [0.4, 0.5) is 19.0 Å². The topological polar surface area (TPSA) is 124 Å². The van der Waals surface area contributed by atoms with Gasteiger partial charge in [0.2, 0.25) is 0 Å². The molecule has 2 saturated heterocycles. The Hall–Kier alpha value is -2.06. The molecule has 0 bridgehead atoms. The number of anilines is 1. The summed E-state index contributed by atoms with van der Waals surface area (Å²) in [5, 5.41) is 23.9. The van der Waals surface area contributed by atoms with Crippen molar-refractivity contribution in [1.29, 1.82) is 0 Å². The molecule has 2 aromatic heterocycles. The highest BCUT2D eigenvalue weighted by atomic mass is 19.4. The third-order valence-electron chi connectivity index (χ3n) is 5.08. The minimum atomic E-state index is -4.49. The van der Waals surface area contributed by atoms with E-state index >= 15 is 0 Å². The fraction of sp³-hybridized carbons (Fsp3) is 0.706. The Morgan fingerprint density at radius 1 is 1.17 bits per heavy atom. The highest BCUT2D eigenvalue weighted by Gasteiger charge is 2.45. The van der Waals surface area contributed by atoms with E-state index < -0.39 is 43.9 Å². The minimum Gasteiger partial charge on any atom is -0.387 e. The summed E-state index contributed by atoms with van der Waals surface area (Å²) in [6.45, 7) is -0.689. The summed E-state index contributed by atoms with van der Waals surface area (Å²) in [6.07, 6.45) is -5.18. The van der Waals surface area contributed by atoms with Crippen LogP contribution in [0.25, 0.3) is 11.2 Å². The van der Waals surface area contributed by atoms with Crippen molar-refractivity contribution in [3.05, 3.63) is 12.7 Å². The Morgan fingerprint density at radius 2 is 1.93 bits per heavy atom. The van der Waals surface area contributed by atoms with Gasteiger partial charge in [-0.05, 0) is 12.8 Å². The number of aliphatic hydroxyl groups excluding tert-OH is 2. The fourth-order valence-corrected chi connectivity index (χ4v) is 3.57. The molecule has 0 saturated carbocycles. The van der Waals surface area contributed by atoms with Gasteiger partial charge in [0.1, 0.15) is 31.2 Å². The quantitative estimate of drug-likeness (QED) is 0.601. The Balaban J connectivity index is 1.49. The average molecular weight is 433 g/mol. The smallest absolute Gasteiger partial charge is 0.387 e. The van der Waals surface area contributed by atoms with Gasteiger partial charge in [-0.2, -0.15) is 13.2 Å². The predicted molar refractivity (Wildman–Crippen MR) is 95.6 cm³/mol. The lowest BCUT2D eigenvalue weighted by molar-refractivity contribution is -0.184. The van der Waals surface area contributed by atoms with Crippen LogP contribution in [0.5, 0.6) is 0 Å². The van der Waals surface area contributed by atoms with Gasteiger partial charge in [0.15, 0.2) is 23.2 Å². The first-order valence-corrected chi connectivity index (χ1v) is 9.51. The van der Waals surface area contributed by atoms with Crippen LogP contribution in [-0.2, 0) is 14.2 Å². The molecule has 30 heavy (non-hydrogen) atoms. The molecule has 2 aliphatic heterocycles. The number of nitrogens with one attached hydrogen (secondary N) is 1. The van der Waals surface area contributed by atoms with Gasteiger partial charge >= 0.3 is 6.18 Å². The SMILES string of the molecule is O[C@@H]1[C@H](O)[C@@H](COCC(F)(F)F)O[C@H]1n1cnc2c(NC3CCOCC3)ncnc21. The van der Waals surface area contributed by atoms with Crippen LogP contribution >= 0.6 is 0 Å². The third kappa shape index (κ3) is 4.49. The first kappa shape index (κ1) is 21.2. The van der Waals surface area contributed by atoms with Crippen LogP contribution in [0, 0.1) is 0 Å². The van der Waals surface area contributed by atoms with Gasteiger partial charge in [-0.15, -0.1) is 0 Å². The molecule has 2 aromatic rings. The number of hydrogen-bond donors (Lipinski definition) is 3. The van der Waals surface area contributed by atoms with Gasteiger partial charge in [-0.25, -0.2) is 15.0 Å². The zero-order valence-corrected chi connectivity index (χ0v) is 15.8. The molecule has 2 aliphatic rings. The monoisotopic (exact) mass is 433 g/mol. The first-order valence-electron chi connectivity index (χ1n) is 9.51.